The summed E-state index contributed by atoms with van der Waals surface area (Å²) in [6, 6.07) is 11.2. The number of rotatable bonds is 8. The standard InChI is InChI=1S/C22H35N3OS/c1-3-23-21(25-19-11-8-12-20(15-19)27(26)4-2)24-17-22(13-14-22)16-18-9-6-5-7-10-18/h5-7,9-10,19-20H,3-4,8,11-17H2,1-2H3,(H2,23,24,25). The van der Waals surface area contributed by atoms with Gasteiger partial charge in [-0.1, -0.05) is 43.7 Å². The molecular formula is C22H35N3OS. The van der Waals surface area contributed by atoms with Gasteiger partial charge in [0.15, 0.2) is 5.96 Å². The average molecular weight is 390 g/mol. The van der Waals surface area contributed by atoms with Crippen molar-refractivity contribution in [2.24, 2.45) is 10.4 Å². The van der Waals surface area contributed by atoms with Crippen LogP contribution in [0.15, 0.2) is 35.3 Å². The Morgan fingerprint density at radius 1 is 1.22 bits per heavy atom. The molecule has 150 valence electrons. The zero-order valence-electron chi connectivity index (χ0n) is 16.9. The molecule has 2 aliphatic rings. The third kappa shape index (κ3) is 6.06. The Balaban J connectivity index is 1.57. The summed E-state index contributed by atoms with van der Waals surface area (Å²) in [4.78, 5) is 4.95. The van der Waals surface area contributed by atoms with Crippen LogP contribution in [0.1, 0.15) is 57.9 Å². The van der Waals surface area contributed by atoms with Crippen molar-refractivity contribution in [3.63, 3.8) is 0 Å². The molecule has 0 aliphatic heterocycles. The van der Waals surface area contributed by atoms with Crippen LogP contribution in [-0.4, -0.2) is 40.3 Å². The van der Waals surface area contributed by atoms with Gasteiger partial charge in [-0.2, -0.15) is 0 Å². The molecule has 2 fully saturated rings. The van der Waals surface area contributed by atoms with Crippen LogP contribution in [0.3, 0.4) is 0 Å². The Hall–Kier alpha value is -1.36. The SMILES string of the molecule is CCNC(=NCC1(Cc2ccccc2)CC1)NC1CCCC(S(=O)CC)C1. The van der Waals surface area contributed by atoms with Gasteiger partial charge in [-0.3, -0.25) is 9.20 Å². The minimum atomic E-state index is -0.683. The van der Waals surface area contributed by atoms with E-state index in [-0.39, 0.29) is 0 Å². The first kappa shape index (κ1) is 20.4. The molecule has 0 radical (unpaired) electrons. The maximum absolute atomic E-state index is 12.2. The molecule has 0 heterocycles. The minimum Gasteiger partial charge on any atom is -0.357 e. The summed E-state index contributed by atoms with van der Waals surface area (Å²) in [5.74, 6) is 1.71. The number of hydrogen-bond acceptors (Lipinski definition) is 2. The van der Waals surface area contributed by atoms with Crippen LogP contribution in [0.2, 0.25) is 0 Å². The Morgan fingerprint density at radius 2 is 2.00 bits per heavy atom. The fourth-order valence-corrected chi connectivity index (χ4v) is 5.46. The summed E-state index contributed by atoms with van der Waals surface area (Å²) in [6.07, 6.45) is 8.07. The number of aliphatic imine (C=N–C) groups is 1. The summed E-state index contributed by atoms with van der Waals surface area (Å²) in [5, 5.41) is 7.39. The molecule has 2 N–H and O–H groups in total. The molecule has 4 nitrogen and oxygen atoms in total. The maximum Gasteiger partial charge on any atom is 0.191 e. The zero-order valence-corrected chi connectivity index (χ0v) is 17.7. The first-order valence-electron chi connectivity index (χ1n) is 10.6. The highest BCUT2D eigenvalue weighted by atomic mass is 32.2. The quantitative estimate of drug-likeness (QED) is 0.527. The molecule has 3 rings (SSSR count). The maximum atomic E-state index is 12.2. The lowest BCUT2D eigenvalue weighted by atomic mass is 9.95. The largest absolute Gasteiger partial charge is 0.357 e. The Kier molecular flexibility index (Phi) is 7.33. The molecule has 2 aliphatic carbocycles. The van der Waals surface area contributed by atoms with E-state index < -0.39 is 10.8 Å². The van der Waals surface area contributed by atoms with Crippen molar-refractivity contribution in [3.8, 4) is 0 Å². The molecule has 27 heavy (non-hydrogen) atoms. The summed E-state index contributed by atoms with van der Waals surface area (Å²) in [7, 11) is -0.683. The van der Waals surface area contributed by atoms with Crippen LogP contribution in [0, 0.1) is 5.41 Å². The van der Waals surface area contributed by atoms with Crippen LogP contribution in [-0.2, 0) is 17.2 Å². The second kappa shape index (κ2) is 9.72. The molecule has 5 heteroatoms. The van der Waals surface area contributed by atoms with E-state index in [1.54, 1.807) is 0 Å². The Labute approximate surface area is 167 Å². The van der Waals surface area contributed by atoms with E-state index in [0.29, 0.717) is 16.7 Å². The molecular weight excluding hydrogens is 354 g/mol. The van der Waals surface area contributed by atoms with Crippen LogP contribution >= 0.6 is 0 Å². The summed E-state index contributed by atoms with van der Waals surface area (Å²) in [6.45, 7) is 5.90. The fraction of sp³-hybridized carbons (Fsp3) is 0.682. The third-order valence-corrected chi connectivity index (χ3v) is 7.66. The number of benzene rings is 1. The third-order valence-electron chi connectivity index (χ3n) is 5.92. The number of hydrogen-bond donors (Lipinski definition) is 2. The van der Waals surface area contributed by atoms with E-state index in [1.165, 1.54) is 18.4 Å². The van der Waals surface area contributed by atoms with Crippen molar-refractivity contribution >= 4 is 16.8 Å². The predicted molar refractivity (Wildman–Crippen MR) is 116 cm³/mol. The van der Waals surface area contributed by atoms with Crippen LogP contribution in [0.5, 0.6) is 0 Å². The lowest BCUT2D eigenvalue weighted by molar-refractivity contribution is 0.412. The lowest BCUT2D eigenvalue weighted by Crippen LogP contribution is -2.46. The van der Waals surface area contributed by atoms with Gasteiger partial charge >= 0.3 is 0 Å². The van der Waals surface area contributed by atoms with E-state index >= 15 is 0 Å². The predicted octanol–water partition coefficient (Wildman–Crippen LogP) is 3.64. The van der Waals surface area contributed by atoms with E-state index in [1.807, 2.05) is 6.92 Å². The van der Waals surface area contributed by atoms with Gasteiger partial charge in [-0.15, -0.1) is 0 Å². The van der Waals surface area contributed by atoms with E-state index in [9.17, 15) is 4.21 Å². The van der Waals surface area contributed by atoms with E-state index in [0.717, 1.165) is 56.9 Å². The van der Waals surface area contributed by atoms with E-state index in [4.69, 9.17) is 4.99 Å². The Morgan fingerprint density at radius 3 is 2.67 bits per heavy atom. The van der Waals surface area contributed by atoms with Crippen molar-refractivity contribution in [1.29, 1.82) is 0 Å². The zero-order chi connectivity index (χ0) is 19.1. The monoisotopic (exact) mass is 389 g/mol. The second-order valence-electron chi connectivity index (χ2n) is 8.16. The molecule has 0 bridgehead atoms. The number of nitrogens with zero attached hydrogens (tertiary/aromatic N) is 1. The second-order valence-corrected chi connectivity index (χ2v) is 10.2. The van der Waals surface area contributed by atoms with Gasteiger partial charge in [0.25, 0.3) is 0 Å². The van der Waals surface area contributed by atoms with E-state index in [2.05, 4.69) is 47.9 Å². The van der Waals surface area contributed by atoms with Gasteiger partial charge < -0.3 is 10.6 Å². The Bertz CT molecular complexity index is 642. The summed E-state index contributed by atoms with van der Waals surface area (Å²) in [5.41, 5.74) is 1.77. The highest BCUT2D eigenvalue weighted by molar-refractivity contribution is 7.85. The van der Waals surface area contributed by atoms with Gasteiger partial charge in [0.2, 0.25) is 0 Å². The lowest BCUT2D eigenvalue weighted by Gasteiger charge is -2.30. The van der Waals surface area contributed by atoms with Gasteiger partial charge in [-0.25, -0.2) is 0 Å². The van der Waals surface area contributed by atoms with Gasteiger partial charge in [0.05, 0.1) is 0 Å². The summed E-state index contributed by atoms with van der Waals surface area (Å²) < 4.78 is 12.2. The fourth-order valence-electron chi connectivity index (χ4n) is 4.11. The molecule has 0 saturated heterocycles. The van der Waals surface area contributed by atoms with Crippen molar-refractivity contribution in [3.05, 3.63) is 35.9 Å². The molecule has 2 saturated carbocycles. The van der Waals surface area contributed by atoms with Crippen LogP contribution in [0.4, 0.5) is 0 Å². The van der Waals surface area contributed by atoms with Crippen molar-refractivity contribution < 1.29 is 4.21 Å². The molecule has 1 aromatic rings. The number of nitrogens with one attached hydrogen (secondary N) is 2. The molecule has 0 amide bonds. The molecule has 3 unspecified atom stereocenters. The smallest absolute Gasteiger partial charge is 0.191 e. The topological polar surface area (TPSA) is 53.5 Å². The highest BCUT2D eigenvalue weighted by Crippen LogP contribution is 2.48. The van der Waals surface area contributed by atoms with Gasteiger partial charge in [0, 0.05) is 40.9 Å². The van der Waals surface area contributed by atoms with Crippen molar-refractivity contribution in [1.82, 2.24) is 10.6 Å². The van der Waals surface area contributed by atoms with Crippen molar-refractivity contribution in [2.45, 2.75) is 70.1 Å². The molecule has 0 spiro atoms. The highest BCUT2D eigenvalue weighted by Gasteiger charge is 2.42. The minimum absolute atomic E-state index is 0.344. The van der Waals surface area contributed by atoms with Crippen LogP contribution < -0.4 is 10.6 Å². The summed E-state index contributed by atoms with van der Waals surface area (Å²) >= 11 is 0. The molecule has 1 aromatic carbocycles. The van der Waals surface area contributed by atoms with Crippen LogP contribution in [0.25, 0.3) is 0 Å². The van der Waals surface area contributed by atoms with Crippen molar-refractivity contribution in [2.75, 3.05) is 18.8 Å². The normalized spacial score (nSPS) is 25.6. The average Bonchev–Trinajstić information content (AvgIpc) is 3.46. The number of guanidine groups is 1. The first-order valence-corrected chi connectivity index (χ1v) is 12.0. The molecule has 3 atom stereocenters. The first-order chi connectivity index (χ1) is 13.1. The molecule has 0 aromatic heterocycles. The van der Waals surface area contributed by atoms with Gasteiger partial charge in [-0.05, 0) is 56.4 Å². The van der Waals surface area contributed by atoms with Gasteiger partial charge in [0.1, 0.15) is 0 Å².